The molecule has 2 aromatic rings. The van der Waals surface area contributed by atoms with Crippen molar-refractivity contribution in [2.24, 2.45) is 0 Å². The quantitative estimate of drug-likeness (QED) is 0.921. The monoisotopic (exact) mass is 296 g/mol. The number of nitrogens with zero attached hydrogens (tertiary/aromatic N) is 3. The van der Waals surface area contributed by atoms with Crippen LogP contribution in [0, 0.1) is 0 Å². The second-order valence-electron chi connectivity index (χ2n) is 4.48. The van der Waals surface area contributed by atoms with E-state index in [1.807, 2.05) is 6.92 Å². The van der Waals surface area contributed by atoms with Gasteiger partial charge in [0.1, 0.15) is 6.33 Å². The molecule has 0 saturated carbocycles. The fourth-order valence-corrected chi connectivity index (χ4v) is 2.03. The molecular weight excluding hydrogens is 281 g/mol. The highest BCUT2D eigenvalue weighted by atomic mass is 19.4. The Bertz CT molecular complexity index is 572. The van der Waals surface area contributed by atoms with Gasteiger partial charge in [0.15, 0.2) is 0 Å². The first-order chi connectivity index (χ1) is 10.0. The van der Waals surface area contributed by atoms with Crippen LogP contribution in [0.15, 0.2) is 37.1 Å². The van der Waals surface area contributed by atoms with Crippen molar-refractivity contribution in [3.63, 3.8) is 0 Å². The number of aromatic nitrogens is 3. The first kappa shape index (κ1) is 15.4. The van der Waals surface area contributed by atoms with Gasteiger partial charge in [0, 0.05) is 24.2 Å². The van der Waals surface area contributed by atoms with E-state index in [1.54, 1.807) is 6.07 Å². The van der Waals surface area contributed by atoms with Crippen LogP contribution in [-0.2, 0) is 6.18 Å². The maximum absolute atomic E-state index is 13.2. The van der Waals surface area contributed by atoms with Gasteiger partial charge >= 0.3 is 6.18 Å². The molecule has 0 aliphatic carbocycles. The first-order valence-corrected chi connectivity index (χ1v) is 6.54. The van der Waals surface area contributed by atoms with Crippen LogP contribution in [0.5, 0.6) is 0 Å². The summed E-state index contributed by atoms with van der Waals surface area (Å²) in [5, 5.41) is 3.08. The molecule has 0 amide bonds. The van der Waals surface area contributed by atoms with Gasteiger partial charge in [-0.3, -0.25) is 4.98 Å². The van der Waals surface area contributed by atoms with E-state index in [1.165, 1.54) is 18.7 Å². The van der Waals surface area contributed by atoms with E-state index in [2.05, 4.69) is 20.3 Å². The average Bonchev–Trinajstić information content (AvgIpc) is 2.48. The van der Waals surface area contributed by atoms with Gasteiger partial charge in [0.2, 0.25) is 0 Å². The lowest BCUT2D eigenvalue weighted by atomic mass is 9.99. The minimum atomic E-state index is -4.43. The van der Waals surface area contributed by atoms with Crippen LogP contribution in [0.1, 0.15) is 36.2 Å². The Labute approximate surface area is 120 Å². The molecule has 0 aliphatic heterocycles. The Morgan fingerprint density at radius 3 is 2.57 bits per heavy atom. The molecule has 0 aromatic carbocycles. The second kappa shape index (κ2) is 6.62. The molecule has 0 fully saturated rings. The van der Waals surface area contributed by atoms with Gasteiger partial charge in [-0.2, -0.15) is 13.2 Å². The van der Waals surface area contributed by atoms with E-state index in [-0.39, 0.29) is 5.56 Å². The highest BCUT2D eigenvalue weighted by Crippen LogP contribution is 2.35. The van der Waals surface area contributed by atoms with Gasteiger partial charge < -0.3 is 5.32 Å². The molecule has 0 bridgehead atoms. The first-order valence-electron chi connectivity index (χ1n) is 6.54. The van der Waals surface area contributed by atoms with E-state index in [4.69, 9.17) is 0 Å². The molecule has 2 aromatic heterocycles. The van der Waals surface area contributed by atoms with E-state index in [0.29, 0.717) is 12.2 Å². The van der Waals surface area contributed by atoms with Gasteiger partial charge in [-0.1, -0.05) is 6.92 Å². The number of rotatable bonds is 5. The number of hydrogen-bond acceptors (Lipinski definition) is 4. The summed E-state index contributed by atoms with van der Waals surface area (Å²) >= 11 is 0. The zero-order valence-corrected chi connectivity index (χ0v) is 11.4. The Morgan fingerprint density at radius 1 is 1.19 bits per heavy atom. The highest BCUT2D eigenvalue weighted by molar-refractivity contribution is 5.34. The number of hydrogen-bond donors (Lipinski definition) is 1. The summed E-state index contributed by atoms with van der Waals surface area (Å²) in [6, 6.07) is 1.91. The van der Waals surface area contributed by atoms with Gasteiger partial charge in [0.05, 0.1) is 17.3 Å². The minimum Gasteiger partial charge on any atom is -0.305 e. The maximum Gasteiger partial charge on any atom is 0.416 e. The Kier molecular flexibility index (Phi) is 4.85. The predicted molar refractivity (Wildman–Crippen MR) is 71.4 cm³/mol. The Hall–Kier alpha value is -2.02. The number of halogens is 3. The molecule has 0 saturated heterocycles. The van der Waals surface area contributed by atoms with Crippen molar-refractivity contribution in [2.45, 2.75) is 25.6 Å². The molecule has 1 unspecified atom stereocenters. The van der Waals surface area contributed by atoms with E-state index >= 15 is 0 Å². The predicted octanol–water partition coefficient (Wildman–Crippen LogP) is 2.98. The Morgan fingerprint density at radius 2 is 1.95 bits per heavy atom. The third-order valence-corrected chi connectivity index (χ3v) is 2.97. The summed E-state index contributed by atoms with van der Waals surface area (Å²) in [6.07, 6.45) is 1.56. The van der Waals surface area contributed by atoms with Crippen molar-refractivity contribution in [3.8, 4) is 0 Å². The molecule has 1 N–H and O–H groups in total. The van der Waals surface area contributed by atoms with Crippen molar-refractivity contribution >= 4 is 0 Å². The van der Waals surface area contributed by atoms with Crippen LogP contribution in [0.2, 0.25) is 0 Å². The molecule has 0 aliphatic rings. The molecule has 21 heavy (non-hydrogen) atoms. The van der Waals surface area contributed by atoms with E-state index in [0.717, 1.165) is 18.7 Å². The van der Waals surface area contributed by atoms with Gasteiger partial charge in [-0.25, -0.2) is 9.97 Å². The topological polar surface area (TPSA) is 50.7 Å². The summed E-state index contributed by atoms with van der Waals surface area (Å²) in [6.45, 7) is 2.51. The molecule has 0 spiro atoms. The molecular formula is C14H15F3N4. The fraction of sp³-hybridized carbons (Fsp3) is 0.357. The third kappa shape index (κ3) is 3.75. The summed E-state index contributed by atoms with van der Waals surface area (Å²) in [5.74, 6) is 0. The van der Waals surface area contributed by atoms with Gasteiger partial charge in [-0.05, 0) is 25.1 Å². The molecule has 2 heterocycles. The lowest BCUT2D eigenvalue weighted by Gasteiger charge is -2.21. The number of pyridine rings is 1. The van der Waals surface area contributed by atoms with Crippen molar-refractivity contribution < 1.29 is 13.2 Å². The highest BCUT2D eigenvalue weighted by Gasteiger charge is 2.35. The molecule has 1 atom stereocenters. The zero-order chi connectivity index (χ0) is 15.3. The summed E-state index contributed by atoms with van der Waals surface area (Å²) in [7, 11) is 0. The van der Waals surface area contributed by atoms with Crippen LogP contribution < -0.4 is 5.32 Å². The summed E-state index contributed by atoms with van der Waals surface area (Å²) < 4.78 is 39.5. The zero-order valence-electron chi connectivity index (χ0n) is 11.4. The van der Waals surface area contributed by atoms with E-state index in [9.17, 15) is 13.2 Å². The van der Waals surface area contributed by atoms with Crippen molar-refractivity contribution in [1.29, 1.82) is 0 Å². The van der Waals surface area contributed by atoms with Gasteiger partial charge in [-0.15, -0.1) is 0 Å². The van der Waals surface area contributed by atoms with Crippen LogP contribution in [0.4, 0.5) is 13.2 Å². The van der Waals surface area contributed by atoms with Crippen molar-refractivity contribution in [1.82, 2.24) is 20.3 Å². The van der Waals surface area contributed by atoms with Crippen LogP contribution in [0.3, 0.4) is 0 Å². The smallest absolute Gasteiger partial charge is 0.305 e. The summed E-state index contributed by atoms with van der Waals surface area (Å²) in [4.78, 5) is 11.7. The van der Waals surface area contributed by atoms with Gasteiger partial charge in [0.25, 0.3) is 0 Å². The SMILES string of the molecule is CCCNC(c1ccncn1)c1cnccc1C(F)(F)F. The number of nitrogens with one attached hydrogen (secondary N) is 1. The standard InChI is InChI=1S/C14H15F3N4/c1-2-5-20-13(12-4-7-19-9-21-12)10-8-18-6-3-11(10)14(15,16)17/h3-4,6-9,13,20H,2,5H2,1H3. The molecule has 2 rings (SSSR count). The summed E-state index contributed by atoms with van der Waals surface area (Å²) in [5.41, 5.74) is -0.154. The fourth-order valence-electron chi connectivity index (χ4n) is 2.03. The lowest BCUT2D eigenvalue weighted by molar-refractivity contribution is -0.138. The Balaban J connectivity index is 2.47. The second-order valence-corrected chi connectivity index (χ2v) is 4.48. The van der Waals surface area contributed by atoms with Crippen LogP contribution >= 0.6 is 0 Å². The van der Waals surface area contributed by atoms with Crippen LogP contribution in [0.25, 0.3) is 0 Å². The largest absolute Gasteiger partial charge is 0.416 e. The molecule has 0 radical (unpaired) electrons. The minimum absolute atomic E-state index is 0.0668. The third-order valence-electron chi connectivity index (χ3n) is 2.97. The average molecular weight is 296 g/mol. The maximum atomic E-state index is 13.2. The lowest BCUT2D eigenvalue weighted by Crippen LogP contribution is -2.27. The molecule has 4 nitrogen and oxygen atoms in total. The molecule has 112 valence electrons. The van der Waals surface area contributed by atoms with Crippen molar-refractivity contribution in [3.05, 3.63) is 53.9 Å². The normalized spacial score (nSPS) is 13.1. The van der Waals surface area contributed by atoms with Crippen LogP contribution in [-0.4, -0.2) is 21.5 Å². The molecule has 7 heteroatoms. The number of alkyl halides is 3. The van der Waals surface area contributed by atoms with Crippen molar-refractivity contribution in [2.75, 3.05) is 6.54 Å². The van der Waals surface area contributed by atoms with E-state index < -0.39 is 17.8 Å².